The number of benzene rings is 2. The molecule has 0 aromatic heterocycles. The molecule has 0 aliphatic carbocycles. The minimum Gasteiger partial charge on any atom is -0.492 e. The number of rotatable bonds is 6. The second-order valence-electron chi connectivity index (χ2n) is 7.47. The monoisotopic (exact) mass is 437 g/mol. The lowest BCUT2D eigenvalue weighted by Gasteiger charge is -2.27. The Hall–Kier alpha value is -1.03. The molecule has 0 atom stereocenters. The van der Waals surface area contributed by atoms with E-state index in [4.69, 9.17) is 4.74 Å². The van der Waals surface area contributed by atoms with Crippen LogP contribution in [0.3, 0.4) is 0 Å². The zero-order chi connectivity index (χ0) is 17.7. The van der Waals surface area contributed by atoms with E-state index in [1.54, 1.807) is 0 Å². The molecule has 1 saturated heterocycles. The van der Waals surface area contributed by atoms with Gasteiger partial charge in [0.25, 0.3) is 0 Å². The lowest BCUT2D eigenvalue weighted by atomic mass is 9.78. The summed E-state index contributed by atoms with van der Waals surface area (Å²) in [6.45, 7) is 7.63. The van der Waals surface area contributed by atoms with Crippen LogP contribution in [0.2, 0.25) is 0 Å². The van der Waals surface area contributed by atoms with Gasteiger partial charge in [0.05, 0.1) is 11.1 Å². The van der Waals surface area contributed by atoms with Gasteiger partial charge in [-0.15, -0.1) is 12.4 Å². The summed E-state index contributed by atoms with van der Waals surface area (Å²) in [5, 5.41) is 3.42. The number of hydrogen-bond acceptors (Lipinski definition) is 2. The molecule has 0 unspecified atom stereocenters. The normalized spacial score (nSPS) is 15.3. The highest BCUT2D eigenvalue weighted by Gasteiger charge is 2.23. The average molecular weight is 439 g/mol. The van der Waals surface area contributed by atoms with E-state index in [-0.39, 0.29) is 17.8 Å². The third-order valence-electron chi connectivity index (χ3n) is 5.39. The van der Waals surface area contributed by atoms with Crippen molar-refractivity contribution in [2.45, 2.75) is 38.5 Å². The molecule has 26 heavy (non-hydrogen) atoms. The van der Waals surface area contributed by atoms with Gasteiger partial charge in [0.15, 0.2) is 0 Å². The highest BCUT2D eigenvalue weighted by Crippen LogP contribution is 2.36. The van der Waals surface area contributed by atoms with Crippen molar-refractivity contribution in [1.82, 2.24) is 5.32 Å². The van der Waals surface area contributed by atoms with Gasteiger partial charge in [-0.2, -0.15) is 0 Å². The Morgan fingerprint density at radius 1 is 1.04 bits per heavy atom. The maximum absolute atomic E-state index is 6.05. The van der Waals surface area contributed by atoms with Crippen LogP contribution in [0.5, 0.6) is 5.75 Å². The fourth-order valence-electron chi connectivity index (χ4n) is 3.53. The molecule has 4 heteroatoms. The zero-order valence-corrected chi connectivity index (χ0v) is 18.0. The first-order valence-corrected chi connectivity index (χ1v) is 10.1. The average Bonchev–Trinajstić information content (AvgIpc) is 2.64. The van der Waals surface area contributed by atoms with Crippen molar-refractivity contribution in [2.24, 2.45) is 5.92 Å². The standard InChI is InChI=1S/C22H28BrNO.ClH/c1-22(2,18-6-4-3-5-7-18)19-8-9-21(20(23)16-19)25-15-12-17-10-13-24-14-11-17;/h3-9,16-17,24H,10-15H2,1-2H3;1H. The van der Waals surface area contributed by atoms with Crippen molar-refractivity contribution in [3.05, 3.63) is 64.1 Å². The van der Waals surface area contributed by atoms with Crippen molar-refractivity contribution in [3.8, 4) is 5.75 Å². The summed E-state index contributed by atoms with van der Waals surface area (Å²) in [6, 6.07) is 17.1. The molecule has 0 saturated carbocycles. The Morgan fingerprint density at radius 3 is 2.38 bits per heavy atom. The van der Waals surface area contributed by atoms with Gasteiger partial charge in [-0.3, -0.25) is 0 Å². The van der Waals surface area contributed by atoms with Crippen LogP contribution < -0.4 is 10.1 Å². The Morgan fingerprint density at radius 2 is 1.73 bits per heavy atom. The van der Waals surface area contributed by atoms with Crippen LogP contribution in [0.15, 0.2) is 53.0 Å². The predicted molar refractivity (Wildman–Crippen MR) is 116 cm³/mol. The predicted octanol–water partition coefficient (Wildman–Crippen LogP) is 5.97. The number of piperidine rings is 1. The number of halogens is 2. The summed E-state index contributed by atoms with van der Waals surface area (Å²) >= 11 is 3.70. The van der Waals surface area contributed by atoms with Gasteiger partial charge in [0.2, 0.25) is 0 Å². The molecule has 142 valence electrons. The summed E-state index contributed by atoms with van der Waals surface area (Å²) in [5.74, 6) is 1.75. The number of ether oxygens (including phenoxy) is 1. The molecule has 2 aromatic rings. The summed E-state index contributed by atoms with van der Waals surface area (Å²) in [4.78, 5) is 0. The SMILES string of the molecule is CC(C)(c1ccccc1)c1ccc(OCCC2CCNCC2)c(Br)c1.Cl. The maximum atomic E-state index is 6.05. The number of hydrogen-bond donors (Lipinski definition) is 1. The van der Waals surface area contributed by atoms with Crippen LogP contribution in [-0.2, 0) is 5.41 Å². The van der Waals surface area contributed by atoms with Crippen LogP contribution in [0.25, 0.3) is 0 Å². The Kier molecular flexibility index (Phi) is 8.00. The molecular formula is C22H29BrClNO. The lowest BCUT2D eigenvalue weighted by Crippen LogP contribution is -2.28. The van der Waals surface area contributed by atoms with E-state index in [1.165, 1.54) is 24.0 Å². The van der Waals surface area contributed by atoms with Crippen LogP contribution in [0.4, 0.5) is 0 Å². The zero-order valence-electron chi connectivity index (χ0n) is 15.6. The quantitative estimate of drug-likeness (QED) is 0.600. The molecule has 1 fully saturated rings. The molecule has 1 N–H and O–H groups in total. The molecule has 1 heterocycles. The summed E-state index contributed by atoms with van der Waals surface area (Å²) in [7, 11) is 0. The second-order valence-corrected chi connectivity index (χ2v) is 8.32. The van der Waals surface area contributed by atoms with Crippen molar-refractivity contribution < 1.29 is 4.74 Å². The van der Waals surface area contributed by atoms with E-state index >= 15 is 0 Å². The third kappa shape index (κ3) is 5.25. The third-order valence-corrected chi connectivity index (χ3v) is 6.01. The minimum atomic E-state index is -0.0303. The van der Waals surface area contributed by atoms with Crippen molar-refractivity contribution >= 4 is 28.3 Å². The first-order chi connectivity index (χ1) is 12.1. The summed E-state index contributed by atoms with van der Waals surface area (Å²) in [5.41, 5.74) is 2.58. The second kappa shape index (κ2) is 9.77. The largest absolute Gasteiger partial charge is 0.492 e. The van der Waals surface area contributed by atoms with Gasteiger partial charge >= 0.3 is 0 Å². The fraction of sp³-hybridized carbons (Fsp3) is 0.455. The van der Waals surface area contributed by atoms with Gasteiger partial charge in [-0.05, 0) is 77.5 Å². The molecular weight excluding hydrogens is 410 g/mol. The maximum Gasteiger partial charge on any atom is 0.133 e. The van der Waals surface area contributed by atoms with Gasteiger partial charge in [-0.1, -0.05) is 50.2 Å². The van der Waals surface area contributed by atoms with Crippen LogP contribution >= 0.6 is 28.3 Å². The minimum absolute atomic E-state index is 0. The topological polar surface area (TPSA) is 21.3 Å². The molecule has 3 rings (SSSR count). The van der Waals surface area contributed by atoms with E-state index in [0.717, 1.165) is 42.3 Å². The van der Waals surface area contributed by atoms with E-state index in [1.807, 2.05) is 0 Å². The molecule has 2 nitrogen and oxygen atoms in total. The first-order valence-electron chi connectivity index (χ1n) is 9.26. The van der Waals surface area contributed by atoms with Gasteiger partial charge < -0.3 is 10.1 Å². The van der Waals surface area contributed by atoms with Gasteiger partial charge in [0.1, 0.15) is 5.75 Å². The lowest BCUT2D eigenvalue weighted by molar-refractivity contribution is 0.250. The number of nitrogens with one attached hydrogen (secondary N) is 1. The molecule has 0 amide bonds. The van der Waals surface area contributed by atoms with Gasteiger partial charge in [-0.25, -0.2) is 0 Å². The summed E-state index contributed by atoms with van der Waals surface area (Å²) in [6.07, 6.45) is 3.69. The van der Waals surface area contributed by atoms with E-state index in [2.05, 4.69) is 83.6 Å². The Bertz CT molecular complexity index is 684. The van der Waals surface area contributed by atoms with Crippen LogP contribution in [0, 0.1) is 5.92 Å². The van der Waals surface area contributed by atoms with Crippen LogP contribution in [0.1, 0.15) is 44.2 Å². The molecule has 0 spiro atoms. The van der Waals surface area contributed by atoms with Crippen molar-refractivity contribution in [3.63, 3.8) is 0 Å². The Labute approximate surface area is 172 Å². The highest BCUT2D eigenvalue weighted by molar-refractivity contribution is 9.10. The van der Waals surface area contributed by atoms with E-state index in [0.29, 0.717) is 0 Å². The van der Waals surface area contributed by atoms with E-state index in [9.17, 15) is 0 Å². The highest BCUT2D eigenvalue weighted by atomic mass is 79.9. The summed E-state index contributed by atoms with van der Waals surface area (Å²) < 4.78 is 7.09. The fourth-order valence-corrected chi connectivity index (χ4v) is 4.03. The molecule has 1 aliphatic heterocycles. The first kappa shape index (κ1) is 21.3. The Balaban J connectivity index is 0.00000243. The molecule has 0 bridgehead atoms. The van der Waals surface area contributed by atoms with Crippen molar-refractivity contribution in [2.75, 3.05) is 19.7 Å². The molecule has 2 aromatic carbocycles. The molecule has 1 aliphatic rings. The van der Waals surface area contributed by atoms with Crippen molar-refractivity contribution in [1.29, 1.82) is 0 Å². The smallest absolute Gasteiger partial charge is 0.133 e. The van der Waals surface area contributed by atoms with Gasteiger partial charge in [0, 0.05) is 5.41 Å². The molecule has 0 radical (unpaired) electrons. The van der Waals surface area contributed by atoms with Crippen LogP contribution in [-0.4, -0.2) is 19.7 Å². The van der Waals surface area contributed by atoms with E-state index < -0.39 is 0 Å².